The van der Waals surface area contributed by atoms with Crippen LogP contribution in [0.5, 0.6) is 0 Å². The molecular formula is C18H16Cl2N2OS. The number of aromatic nitrogens is 1. The second-order valence-corrected chi connectivity index (χ2v) is 7.88. The van der Waals surface area contributed by atoms with Gasteiger partial charge in [0, 0.05) is 11.1 Å². The minimum absolute atomic E-state index is 0.130. The van der Waals surface area contributed by atoms with E-state index >= 15 is 0 Å². The number of thiophene rings is 1. The normalized spacial score (nSPS) is 15.2. The first-order chi connectivity index (χ1) is 11.6. The van der Waals surface area contributed by atoms with Crippen molar-refractivity contribution in [1.82, 2.24) is 4.57 Å². The molecule has 0 atom stereocenters. The van der Waals surface area contributed by atoms with Crippen molar-refractivity contribution in [3.63, 3.8) is 0 Å². The fourth-order valence-electron chi connectivity index (χ4n) is 3.45. The lowest BCUT2D eigenvalue weighted by Gasteiger charge is -2.17. The van der Waals surface area contributed by atoms with E-state index in [0.717, 1.165) is 23.1 Å². The maximum Gasteiger partial charge on any atom is 0.272 e. The van der Waals surface area contributed by atoms with Crippen molar-refractivity contribution in [1.29, 1.82) is 0 Å². The molecule has 1 fully saturated rings. The Hall–Kier alpha value is -1.49. The Morgan fingerprint density at radius 2 is 1.96 bits per heavy atom. The molecule has 2 aromatic heterocycles. The number of hydrogen-bond donors (Lipinski definition) is 1. The molecule has 124 valence electrons. The lowest BCUT2D eigenvalue weighted by atomic mass is 10.2. The van der Waals surface area contributed by atoms with Crippen LogP contribution in [0.15, 0.2) is 35.7 Å². The maximum atomic E-state index is 12.9. The number of amides is 1. The van der Waals surface area contributed by atoms with Gasteiger partial charge in [0.25, 0.3) is 5.91 Å². The fourth-order valence-corrected chi connectivity index (χ4v) is 4.72. The summed E-state index contributed by atoms with van der Waals surface area (Å²) in [5.74, 6) is -0.130. The Labute approximate surface area is 154 Å². The molecule has 1 aromatic carbocycles. The van der Waals surface area contributed by atoms with Crippen LogP contribution in [-0.4, -0.2) is 10.5 Å². The van der Waals surface area contributed by atoms with Crippen LogP contribution in [-0.2, 0) is 0 Å². The highest BCUT2D eigenvalue weighted by atomic mass is 35.5. The quantitative estimate of drug-likeness (QED) is 0.563. The second-order valence-electron chi connectivity index (χ2n) is 6.09. The van der Waals surface area contributed by atoms with Gasteiger partial charge in [-0.05, 0) is 48.6 Å². The summed E-state index contributed by atoms with van der Waals surface area (Å²) in [5, 5.41) is 5.99. The Morgan fingerprint density at radius 1 is 1.17 bits per heavy atom. The fraction of sp³-hybridized carbons (Fsp3) is 0.278. The minimum Gasteiger partial charge on any atom is -0.333 e. The van der Waals surface area contributed by atoms with Gasteiger partial charge in [0.1, 0.15) is 5.69 Å². The molecule has 1 aliphatic rings. The highest BCUT2D eigenvalue weighted by Crippen LogP contribution is 2.37. The highest BCUT2D eigenvalue weighted by molar-refractivity contribution is 7.17. The van der Waals surface area contributed by atoms with E-state index in [1.807, 2.05) is 6.07 Å². The third-order valence-electron chi connectivity index (χ3n) is 4.56. The molecule has 2 heterocycles. The molecule has 24 heavy (non-hydrogen) atoms. The Bertz CT molecular complexity index is 909. The van der Waals surface area contributed by atoms with Crippen LogP contribution >= 0.6 is 34.5 Å². The zero-order chi connectivity index (χ0) is 16.7. The van der Waals surface area contributed by atoms with Crippen molar-refractivity contribution in [2.75, 3.05) is 5.32 Å². The summed E-state index contributed by atoms with van der Waals surface area (Å²) in [6.45, 7) is 0. The lowest BCUT2D eigenvalue weighted by molar-refractivity contribution is 0.101. The van der Waals surface area contributed by atoms with E-state index in [0.29, 0.717) is 27.5 Å². The number of anilines is 1. The standard InChI is InChI=1S/C18H16Cl2N2OS/c19-11-5-6-14(13(20)9-11)21-18(23)16-10-17-15(7-8-24-17)22(16)12-3-1-2-4-12/h5-10,12H,1-4H2,(H,21,23). The van der Waals surface area contributed by atoms with Crippen molar-refractivity contribution in [3.05, 3.63) is 51.5 Å². The summed E-state index contributed by atoms with van der Waals surface area (Å²) >= 11 is 13.8. The molecule has 0 radical (unpaired) electrons. The monoisotopic (exact) mass is 378 g/mol. The van der Waals surface area contributed by atoms with Gasteiger partial charge in [0.15, 0.2) is 0 Å². The van der Waals surface area contributed by atoms with Gasteiger partial charge in [0.05, 0.1) is 20.9 Å². The van der Waals surface area contributed by atoms with Gasteiger partial charge < -0.3 is 9.88 Å². The first-order valence-corrected chi connectivity index (χ1v) is 9.62. The number of carbonyl (C=O) groups is 1. The molecule has 3 nitrogen and oxygen atoms in total. The SMILES string of the molecule is O=C(Nc1ccc(Cl)cc1Cl)c1cc2sccc2n1C1CCCC1. The minimum atomic E-state index is -0.130. The first-order valence-electron chi connectivity index (χ1n) is 7.98. The number of halogens is 2. The van der Waals surface area contributed by atoms with Crippen molar-refractivity contribution < 1.29 is 4.79 Å². The van der Waals surface area contributed by atoms with E-state index in [2.05, 4.69) is 21.3 Å². The van der Waals surface area contributed by atoms with Crippen molar-refractivity contribution in [3.8, 4) is 0 Å². The summed E-state index contributed by atoms with van der Waals surface area (Å²) in [6, 6.07) is 9.57. The Balaban J connectivity index is 1.71. The third kappa shape index (κ3) is 2.83. The molecule has 0 saturated heterocycles. The summed E-state index contributed by atoms with van der Waals surface area (Å²) in [5.41, 5.74) is 2.43. The Morgan fingerprint density at radius 3 is 2.71 bits per heavy atom. The zero-order valence-corrected chi connectivity index (χ0v) is 15.2. The van der Waals surface area contributed by atoms with Crippen LogP contribution < -0.4 is 5.32 Å². The Kier molecular flexibility index (Phi) is 4.29. The van der Waals surface area contributed by atoms with Crippen LogP contribution in [0, 0.1) is 0 Å². The van der Waals surface area contributed by atoms with Crippen molar-refractivity contribution >= 4 is 56.3 Å². The van der Waals surface area contributed by atoms with E-state index in [9.17, 15) is 4.79 Å². The molecule has 1 saturated carbocycles. The summed E-state index contributed by atoms with van der Waals surface area (Å²) in [7, 11) is 0. The topological polar surface area (TPSA) is 34.0 Å². The first kappa shape index (κ1) is 16.0. The summed E-state index contributed by atoms with van der Waals surface area (Å²) in [4.78, 5) is 12.9. The van der Waals surface area contributed by atoms with Gasteiger partial charge in [-0.2, -0.15) is 0 Å². The van der Waals surface area contributed by atoms with Crippen molar-refractivity contribution in [2.45, 2.75) is 31.7 Å². The van der Waals surface area contributed by atoms with E-state index in [-0.39, 0.29) is 5.91 Å². The number of hydrogen-bond acceptors (Lipinski definition) is 2. The number of rotatable bonds is 3. The number of fused-ring (bicyclic) bond motifs is 1. The molecule has 1 N–H and O–H groups in total. The van der Waals surface area contributed by atoms with Gasteiger partial charge in [-0.25, -0.2) is 0 Å². The summed E-state index contributed by atoms with van der Waals surface area (Å²) < 4.78 is 3.35. The van der Waals surface area contributed by atoms with Crippen LogP contribution in [0.2, 0.25) is 10.0 Å². The van der Waals surface area contributed by atoms with Crippen LogP contribution in [0.4, 0.5) is 5.69 Å². The number of benzene rings is 1. The van der Waals surface area contributed by atoms with Gasteiger partial charge in [-0.1, -0.05) is 36.0 Å². The van der Waals surface area contributed by atoms with Gasteiger partial charge in [0.2, 0.25) is 0 Å². The highest BCUT2D eigenvalue weighted by Gasteiger charge is 2.25. The molecule has 0 aliphatic heterocycles. The van der Waals surface area contributed by atoms with Crippen LogP contribution in [0.25, 0.3) is 10.2 Å². The van der Waals surface area contributed by atoms with Crippen molar-refractivity contribution in [2.24, 2.45) is 0 Å². The van der Waals surface area contributed by atoms with E-state index in [1.54, 1.807) is 29.5 Å². The summed E-state index contributed by atoms with van der Waals surface area (Å²) in [6.07, 6.45) is 4.69. The molecular weight excluding hydrogens is 363 g/mol. The largest absolute Gasteiger partial charge is 0.333 e. The molecule has 6 heteroatoms. The lowest BCUT2D eigenvalue weighted by Crippen LogP contribution is -2.19. The number of nitrogens with one attached hydrogen (secondary N) is 1. The molecule has 4 rings (SSSR count). The average Bonchev–Trinajstić information content (AvgIpc) is 3.25. The smallest absolute Gasteiger partial charge is 0.272 e. The molecule has 1 aliphatic carbocycles. The van der Waals surface area contributed by atoms with E-state index in [1.165, 1.54) is 12.8 Å². The molecule has 0 spiro atoms. The van der Waals surface area contributed by atoms with Crippen LogP contribution in [0.3, 0.4) is 0 Å². The van der Waals surface area contributed by atoms with Gasteiger partial charge in [-0.3, -0.25) is 4.79 Å². The van der Waals surface area contributed by atoms with Gasteiger partial charge in [-0.15, -0.1) is 11.3 Å². The predicted octanol–water partition coefficient (Wildman–Crippen LogP) is 6.38. The molecule has 0 bridgehead atoms. The van der Waals surface area contributed by atoms with Crippen LogP contribution in [0.1, 0.15) is 42.2 Å². The number of carbonyl (C=O) groups excluding carboxylic acids is 1. The predicted molar refractivity (Wildman–Crippen MR) is 102 cm³/mol. The second kappa shape index (κ2) is 6.43. The molecule has 1 amide bonds. The van der Waals surface area contributed by atoms with E-state index in [4.69, 9.17) is 23.2 Å². The molecule has 3 aromatic rings. The third-order valence-corrected chi connectivity index (χ3v) is 5.96. The maximum absolute atomic E-state index is 12.9. The van der Waals surface area contributed by atoms with E-state index < -0.39 is 0 Å². The average molecular weight is 379 g/mol. The van der Waals surface area contributed by atoms with Gasteiger partial charge >= 0.3 is 0 Å². The number of nitrogens with zero attached hydrogens (tertiary/aromatic N) is 1. The zero-order valence-electron chi connectivity index (χ0n) is 12.9. The molecule has 0 unspecified atom stereocenters.